The van der Waals surface area contributed by atoms with Gasteiger partial charge in [-0.3, -0.25) is 14.5 Å². The van der Waals surface area contributed by atoms with E-state index in [1.54, 1.807) is 0 Å². The van der Waals surface area contributed by atoms with Crippen molar-refractivity contribution < 1.29 is 22.8 Å². The molecule has 2 fully saturated rings. The molecule has 1 saturated heterocycles. The fraction of sp³-hybridized carbons (Fsp3) is 0.556. The highest BCUT2D eigenvalue weighted by molar-refractivity contribution is 6.34. The SMILES string of the molecule is O=C(CN1CCC(NC(=O)C2CC2)CC1)Nc1c(Cl)cccc1C(F)(F)F. The lowest BCUT2D eigenvalue weighted by atomic mass is 10.0. The van der Waals surface area contributed by atoms with Gasteiger partial charge in [-0.25, -0.2) is 0 Å². The highest BCUT2D eigenvalue weighted by Gasteiger charge is 2.35. The maximum atomic E-state index is 13.1. The van der Waals surface area contributed by atoms with Crippen LogP contribution in [-0.2, 0) is 15.8 Å². The number of halogens is 4. The zero-order valence-corrected chi connectivity index (χ0v) is 15.4. The summed E-state index contributed by atoms with van der Waals surface area (Å²) in [6, 6.07) is 3.48. The number of piperidine rings is 1. The molecule has 148 valence electrons. The minimum atomic E-state index is -4.61. The average molecular weight is 404 g/mol. The van der Waals surface area contributed by atoms with Crippen LogP contribution in [0.25, 0.3) is 0 Å². The fourth-order valence-corrected chi connectivity index (χ4v) is 3.39. The summed E-state index contributed by atoms with van der Waals surface area (Å²) in [7, 11) is 0. The minimum absolute atomic E-state index is 0.0220. The number of carbonyl (C=O) groups excluding carboxylic acids is 2. The molecule has 0 atom stereocenters. The van der Waals surface area contributed by atoms with E-state index in [1.165, 1.54) is 12.1 Å². The Morgan fingerprint density at radius 2 is 1.81 bits per heavy atom. The molecular weight excluding hydrogens is 383 g/mol. The summed E-state index contributed by atoms with van der Waals surface area (Å²) >= 11 is 5.85. The van der Waals surface area contributed by atoms with Gasteiger partial charge in [-0.1, -0.05) is 17.7 Å². The van der Waals surface area contributed by atoms with Gasteiger partial charge in [0.05, 0.1) is 22.8 Å². The van der Waals surface area contributed by atoms with Crippen molar-refractivity contribution in [2.45, 2.75) is 37.9 Å². The Balaban J connectivity index is 1.51. The number of benzene rings is 1. The van der Waals surface area contributed by atoms with E-state index in [0.717, 1.165) is 18.9 Å². The Morgan fingerprint density at radius 1 is 1.15 bits per heavy atom. The van der Waals surface area contributed by atoms with Crippen molar-refractivity contribution in [3.05, 3.63) is 28.8 Å². The van der Waals surface area contributed by atoms with E-state index in [-0.39, 0.29) is 29.4 Å². The van der Waals surface area contributed by atoms with Crippen molar-refractivity contribution in [1.29, 1.82) is 0 Å². The Bertz CT molecular complexity index is 714. The third-order valence-electron chi connectivity index (χ3n) is 4.83. The molecule has 9 heteroatoms. The number of alkyl halides is 3. The van der Waals surface area contributed by atoms with E-state index < -0.39 is 23.3 Å². The number of nitrogens with one attached hydrogen (secondary N) is 2. The molecule has 1 heterocycles. The number of likely N-dealkylation sites (tertiary alicyclic amines) is 1. The van der Waals surface area contributed by atoms with Gasteiger partial charge in [0.1, 0.15) is 0 Å². The normalized spacial score (nSPS) is 19.0. The fourth-order valence-electron chi connectivity index (χ4n) is 3.17. The highest BCUT2D eigenvalue weighted by atomic mass is 35.5. The molecule has 2 amide bonds. The quantitative estimate of drug-likeness (QED) is 0.793. The second kappa shape index (κ2) is 8.06. The van der Waals surface area contributed by atoms with Crippen LogP contribution < -0.4 is 10.6 Å². The van der Waals surface area contributed by atoms with Crippen LogP contribution >= 0.6 is 11.6 Å². The second-order valence-electron chi connectivity index (χ2n) is 7.04. The van der Waals surface area contributed by atoms with Gasteiger partial charge in [-0.05, 0) is 37.8 Å². The van der Waals surface area contributed by atoms with Gasteiger partial charge in [0.15, 0.2) is 0 Å². The van der Waals surface area contributed by atoms with Crippen molar-refractivity contribution in [3.63, 3.8) is 0 Å². The lowest BCUT2D eigenvalue weighted by molar-refractivity contribution is -0.137. The van der Waals surface area contributed by atoms with Crippen molar-refractivity contribution in [1.82, 2.24) is 10.2 Å². The molecule has 3 rings (SSSR count). The van der Waals surface area contributed by atoms with E-state index in [1.807, 2.05) is 4.90 Å². The molecule has 5 nitrogen and oxygen atoms in total. The summed E-state index contributed by atoms with van der Waals surface area (Å²) in [5.74, 6) is -0.286. The Hall–Kier alpha value is -1.80. The van der Waals surface area contributed by atoms with E-state index in [9.17, 15) is 22.8 Å². The van der Waals surface area contributed by atoms with Crippen LogP contribution in [0.5, 0.6) is 0 Å². The zero-order valence-electron chi connectivity index (χ0n) is 14.6. The first kappa shape index (κ1) is 19.9. The summed E-state index contributed by atoms with van der Waals surface area (Å²) in [6.45, 7) is 1.17. The third-order valence-corrected chi connectivity index (χ3v) is 5.15. The summed E-state index contributed by atoms with van der Waals surface area (Å²) in [6.07, 6.45) is -1.28. The molecule has 0 aromatic heterocycles. The standard InChI is InChI=1S/C18H21ClF3N3O2/c19-14-3-1-2-13(18(20,21)22)16(14)24-15(26)10-25-8-6-12(7-9-25)23-17(27)11-4-5-11/h1-3,11-12H,4-10H2,(H,23,27)(H,24,26). The molecule has 1 aliphatic carbocycles. The summed E-state index contributed by atoms with van der Waals surface area (Å²) < 4.78 is 39.3. The van der Waals surface area contributed by atoms with Crippen LogP contribution in [-0.4, -0.2) is 42.4 Å². The first-order valence-corrected chi connectivity index (χ1v) is 9.30. The van der Waals surface area contributed by atoms with Crippen molar-refractivity contribution >= 4 is 29.1 Å². The van der Waals surface area contributed by atoms with Crippen LogP contribution in [0.2, 0.25) is 5.02 Å². The van der Waals surface area contributed by atoms with Crippen molar-refractivity contribution in [2.75, 3.05) is 25.0 Å². The number of hydrogen-bond acceptors (Lipinski definition) is 3. The van der Waals surface area contributed by atoms with Gasteiger partial charge < -0.3 is 10.6 Å². The van der Waals surface area contributed by atoms with E-state index in [4.69, 9.17) is 11.6 Å². The highest BCUT2D eigenvalue weighted by Crippen LogP contribution is 2.38. The molecule has 0 unspecified atom stereocenters. The number of nitrogens with zero attached hydrogens (tertiary/aromatic N) is 1. The molecule has 0 bridgehead atoms. The van der Waals surface area contributed by atoms with Gasteiger partial charge in [0.2, 0.25) is 11.8 Å². The van der Waals surface area contributed by atoms with Crippen LogP contribution in [0, 0.1) is 5.92 Å². The lowest BCUT2D eigenvalue weighted by Gasteiger charge is -2.32. The van der Waals surface area contributed by atoms with Gasteiger partial charge >= 0.3 is 6.18 Å². The lowest BCUT2D eigenvalue weighted by Crippen LogP contribution is -2.47. The number of para-hydroxylation sites is 1. The molecule has 2 aliphatic rings. The molecule has 1 aliphatic heterocycles. The maximum Gasteiger partial charge on any atom is 0.418 e. The Labute approximate surface area is 160 Å². The van der Waals surface area contributed by atoms with Gasteiger partial charge in [0, 0.05) is 25.0 Å². The topological polar surface area (TPSA) is 61.4 Å². The first-order chi connectivity index (χ1) is 12.7. The number of rotatable bonds is 5. The van der Waals surface area contributed by atoms with Crippen LogP contribution in [0.3, 0.4) is 0 Å². The molecule has 0 radical (unpaired) electrons. The summed E-state index contributed by atoms with van der Waals surface area (Å²) in [5.41, 5.74) is -1.38. The third kappa shape index (κ3) is 5.35. The van der Waals surface area contributed by atoms with E-state index in [0.29, 0.717) is 25.9 Å². The van der Waals surface area contributed by atoms with Crippen LogP contribution in [0.4, 0.5) is 18.9 Å². The zero-order chi connectivity index (χ0) is 19.6. The van der Waals surface area contributed by atoms with Gasteiger partial charge in [-0.15, -0.1) is 0 Å². The minimum Gasteiger partial charge on any atom is -0.353 e. The Kier molecular flexibility index (Phi) is 5.95. The van der Waals surface area contributed by atoms with Gasteiger partial charge in [0.25, 0.3) is 0 Å². The molecule has 2 N–H and O–H groups in total. The van der Waals surface area contributed by atoms with E-state index >= 15 is 0 Å². The number of amides is 2. The largest absolute Gasteiger partial charge is 0.418 e. The van der Waals surface area contributed by atoms with Crippen LogP contribution in [0.15, 0.2) is 18.2 Å². The maximum absolute atomic E-state index is 13.1. The molecule has 1 saturated carbocycles. The Morgan fingerprint density at radius 3 is 2.41 bits per heavy atom. The van der Waals surface area contributed by atoms with Gasteiger partial charge in [-0.2, -0.15) is 13.2 Å². The summed E-state index contributed by atoms with van der Waals surface area (Å²) in [4.78, 5) is 25.9. The average Bonchev–Trinajstić information content (AvgIpc) is 3.42. The number of hydrogen-bond donors (Lipinski definition) is 2. The molecular formula is C18H21ClF3N3O2. The first-order valence-electron chi connectivity index (χ1n) is 8.92. The summed E-state index contributed by atoms with van der Waals surface area (Å²) in [5, 5.41) is 5.16. The monoisotopic (exact) mass is 403 g/mol. The molecule has 1 aromatic carbocycles. The number of anilines is 1. The number of carbonyl (C=O) groups is 2. The molecule has 0 spiro atoms. The predicted octanol–water partition coefficient (Wildman–Crippen LogP) is 3.29. The second-order valence-corrected chi connectivity index (χ2v) is 7.45. The smallest absolute Gasteiger partial charge is 0.353 e. The van der Waals surface area contributed by atoms with E-state index in [2.05, 4.69) is 10.6 Å². The predicted molar refractivity (Wildman–Crippen MR) is 95.4 cm³/mol. The van der Waals surface area contributed by atoms with Crippen molar-refractivity contribution in [2.24, 2.45) is 5.92 Å². The van der Waals surface area contributed by atoms with Crippen molar-refractivity contribution in [3.8, 4) is 0 Å². The van der Waals surface area contributed by atoms with Crippen LogP contribution in [0.1, 0.15) is 31.2 Å². The molecule has 27 heavy (non-hydrogen) atoms. The molecule has 1 aromatic rings.